The summed E-state index contributed by atoms with van der Waals surface area (Å²) < 4.78 is 3.36. The highest BCUT2D eigenvalue weighted by Crippen LogP contribution is 2.21. The van der Waals surface area contributed by atoms with Crippen LogP contribution in [0.2, 0.25) is 0 Å². The summed E-state index contributed by atoms with van der Waals surface area (Å²) in [6.07, 6.45) is 1.09. The summed E-state index contributed by atoms with van der Waals surface area (Å²) >= 11 is 3.51. The number of para-hydroxylation sites is 2. The Balaban J connectivity index is 1.87. The van der Waals surface area contributed by atoms with E-state index >= 15 is 0 Å². The average Bonchev–Trinajstić information content (AvgIpc) is 2.84. The van der Waals surface area contributed by atoms with E-state index in [9.17, 15) is 0 Å². The van der Waals surface area contributed by atoms with Crippen LogP contribution in [-0.4, -0.2) is 9.55 Å². The molecule has 0 bridgehead atoms. The van der Waals surface area contributed by atoms with Crippen molar-refractivity contribution in [3.05, 3.63) is 58.6 Å². The second-order valence-corrected chi connectivity index (χ2v) is 5.97. The molecule has 21 heavy (non-hydrogen) atoms. The van der Waals surface area contributed by atoms with Gasteiger partial charge in [0, 0.05) is 17.6 Å². The van der Waals surface area contributed by atoms with E-state index in [2.05, 4.69) is 69.1 Å². The second kappa shape index (κ2) is 6.31. The summed E-state index contributed by atoms with van der Waals surface area (Å²) in [5, 5.41) is 3.46. The van der Waals surface area contributed by atoms with Crippen LogP contribution in [0.25, 0.3) is 11.0 Å². The molecule has 0 unspecified atom stereocenters. The van der Waals surface area contributed by atoms with Gasteiger partial charge in [-0.15, -0.1) is 0 Å². The lowest BCUT2D eigenvalue weighted by atomic mass is 10.2. The molecule has 0 radical (unpaired) electrons. The van der Waals surface area contributed by atoms with Crippen LogP contribution in [0.1, 0.15) is 18.9 Å². The molecule has 0 saturated carbocycles. The zero-order valence-electron chi connectivity index (χ0n) is 12.0. The Bertz CT molecular complexity index is 749. The number of hydrogen-bond acceptors (Lipinski definition) is 2. The Hall–Kier alpha value is -1.81. The van der Waals surface area contributed by atoms with Gasteiger partial charge in [-0.05, 0) is 36.2 Å². The molecule has 0 fully saturated rings. The number of rotatable bonds is 5. The Morgan fingerprint density at radius 3 is 2.81 bits per heavy atom. The first-order valence-electron chi connectivity index (χ1n) is 7.21. The predicted molar refractivity (Wildman–Crippen MR) is 91.5 cm³/mol. The number of anilines is 1. The highest BCUT2D eigenvalue weighted by molar-refractivity contribution is 9.10. The van der Waals surface area contributed by atoms with E-state index in [0.29, 0.717) is 0 Å². The fraction of sp³-hybridized carbons (Fsp3) is 0.235. The van der Waals surface area contributed by atoms with Gasteiger partial charge in [0.05, 0.1) is 11.0 Å². The topological polar surface area (TPSA) is 29.9 Å². The molecule has 1 aromatic heterocycles. The van der Waals surface area contributed by atoms with E-state index in [1.165, 1.54) is 11.1 Å². The fourth-order valence-electron chi connectivity index (χ4n) is 2.49. The van der Waals surface area contributed by atoms with Crippen LogP contribution in [0.3, 0.4) is 0 Å². The number of halogens is 1. The molecule has 1 heterocycles. The first-order chi connectivity index (χ1) is 10.3. The molecule has 0 saturated heterocycles. The van der Waals surface area contributed by atoms with Crippen molar-refractivity contribution >= 4 is 32.9 Å². The number of fused-ring (bicyclic) bond motifs is 1. The van der Waals surface area contributed by atoms with E-state index < -0.39 is 0 Å². The third-order valence-electron chi connectivity index (χ3n) is 3.44. The Morgan fingerprint density at radius 2 is 2.00 bits per heavy atom. The van der Waals surface area contributed by atoms with E-state index in [4.69, 9.17) is 4.98 Å². The standard InChI is InChI=1S/C17H18BrN3/c1-2-10-21-16-9-4-3-8-15(16)20-17(21)19-12-13-6-5-7-14(18)11-13/h3-9,11H,2,10,12H2,1H3,(H,19,20). The molecule has 1 N–H and O–H groups in total. The number of aromatic nitrogens is 2. The maximum absolute atomic E-state index is 4.71. The number of nitrogens with zero attached hydrogens (tertiary/aromatic N) is 2. The molecule has 4 heteroatoms. The molecule has 0 aliphatic carbocycles. The van der Waals surface area contributed by atoms with Crippen LogP contribution < -0.4 is 5.32 Å². The zero-order chi connectivity index (χ0) is 14.7. The molecule has 0 spiro atoms. The highest BCUT2D eigenvalue weighted by Gasteiger charge is 2.09. The fourth-order valence-corrected chi connectivity index (χ4v) is 2.94. The van der Waals surface area contributed by atoms with Gasteiger partial charge in [-0.1, -0.05) is 47.1 Å². The van der Waals surface area contributed by atoms with Crippen molar-refractivity contribution in [2.45, 2.75) is 26.4 Å². The molecule has 3 nitrogen and oxygen atoms in total. The molecule has 0 atom stereocenters. The Kier molecular flexibility index (Phi) is 4.25. The van der Waals surface area contributed by atoms with Crippen molar-refractivity contribution in [1.82, 2.24) is 9.55 Å². The number of benzene rings is 2. The molecule has 3 rings (SSSR count). The highest BCUT2D eigenvalue weighted by atomic mass is 79.9. The summed E-state index contributed by atoms with van der Waals surface area (Å²) in [4.78, 5) is 4.71. The van der Waals surface area contributed by atoms with Crippen LogP contribution in [0.4, 0.5) is 5.95 Å². The normalized spacial score (nSPS) is 11.0. The third-order valence-corrected chi connectivity index (χ3v) is 3.93. The van der Waals surface area contributed by atoms with Crippen molar-refractivity contribution in [3.8, 4) is 0 Å². The van der Waals surface area contributed by atoms with Crippen LogP contribution in [0.15, 0.2) is 53.0 Å². The molecule has 2 aromatic carbocycles. The number of nitrogens with one attached hydrogen (secondary N) is 1. The minimum atomic E-state index is 0.770. The number of hydrogen-bond donors (Lipinski definition) is 1. The van der Waals surface area contributed by atoms with Gasteiger partial charge in [0.1, 0.15) is 0 Å². The molecule has 0 aliphatic heterocycles. The molecular weight excluding hydrogens is 326 g/mol. The van der Waals surface area contributed by atoms with Crippen molar-refractivity contribution in [1.29, 1.82) is 0 Å². The lowest BCUT2D eigenvalue weighted by molar-refractivity contribution is 0.700. The zero-order valence-corrected chi connectivity index (χ0v) is 13.6. The van der Waals surface area contributed by atoms with Crippen molar-refractivity contribution in [3.63, 3.8) is 0 Å². The predicted octanol–water partition coefficient (Wildman–Crippen LogP) is 4.82. The molecule has 0 aliphatic rings. The summed E-state index contributed by atoms with van der Waals surface area (Å²) in [6.45, 7) is 3.93. The summed E-state index contributed by atoms with van der Waals surface area (Å²) in [6, 6.07) is 16.6. The van der Waals surface area contributed by atoms with E-state index in [-0.39, 0.29) is 0 Å². The quantitative estimate of drug-likeness (QED) is 0.719. The Labute approximate surface area is 133 Å². The lowest BCUT2D eigenvalue weighted by Gasteiger charge is -2.10. The average molecular weight is 344 g/mol. The third kappa shape index (κ3) is 3.10. The van der Waals surface area contributed by atoms with Gasteiger partial charge in [-0.2, -0.15) is 0 Å². The maximum Gasteiger partial charge on any atom is 0.204 e. The van der Waals surface area contributed by atoms with Crippen molar-refractivity contribution in [2.24, 2.45) is 0 Å². The van der Waals surface area contributed by atoms with Gasteiger partial charge in [0.25, 0.3) is 0 Å². The van der Waals surface area contributed by atoms with Gasteiger partial charge in [-0.25, -0.2) is 4.98 Å². The van der Waals surface area contributed by atoms with Gasteiger partial charge < -0.3 is 9.88 Å². The van der Waals surface area contributed by atoms with Crippen molar-refractivity contribution in [2.75, 3.05) is 5.32 Å². The monoisotopic (exact) mass is 343 g/mol. The van der Waals surface area contributed by atoms with Crippen LogP contribution >= 0.6 is 15.9 Å². The molecule has 0 amide bonds. The Morgan fingerprint density at radius 1 is 1.14 bits per heavy atom. The summed E-state index contributed by atoms with van der Waals surface area (Å²) in [7, 11) is 0. The van der Waals surface area contributed by atoms with Crippen LogP contribution in [0, 0.1) is 0 Å². The van der Waals surface area contributed by atoms with Gasteiger partial charge in [-0.3, -0.25) is 0 Å². The van der Waals surface area contributed by atoms with E-state index in [1.54, 1.807) is 0 Å². The van der Waals surface area contributed by atoms with E-state index in [1.807, 2.05) is 12.1 Å². The first-order valence-corrected chi connectivity index (χ1v) is 8.01. The first kappa shape index (κ1) is 14.1. The SMILES string of the molecule is CCCn1c(NCc2cccc(Br)c2)nc2ccccc21. The number of imidazole rings is 1. The molecule has 3 aromatic rings. The van der Waals surface area contributed by atoms with Crippen molar-refractivity contribution < 1.29 is 0 Å². The van der Waals surface area contributed by atoms with Gasteiger partial charge in [0.15, 0.2) is 0 Å². The van der Waals surface area contributed by atoms with E-state index in [0.717, 1.165) is 35.4 Å². The molecule has 108 valence electrons. The second-order valence-electron chi connectivity index (χ2n) is 5.06. The lowest BCUT2D eigenvalue weighted by Crippen LogP contribution is -2.07. The number of aryl methyl sites for hydroxylation is 1. The minimum Gasteiger partial charge on any atom is -0.352 e. The molecular formula is C17H18BrN3. The van der Waals surface area contributed by atoms with Crippen LogP contribution in [-0.2, 0) is 13.1 Å². The smallest absolute Gasteiger partial charge is 0.204 e. The minimum absolute atomic E-state index is 0.770. The maximum atomic E-state index is 4.71. The van der Waals surface area contributed by atoms with Gasteiger partial charge >= 0.3 is 0 Å². The summed E-state index contributed by atoms with van der Waals surface area (Å²) in [5.74, 6) is 0.943. The van der Waals surface area contributed by atoms with Crippen LogP contribution in [0.5, 0.6) is 0 Å². The largest absolute Gasteiger partial charge is 0.352 e. The van der Waals surface area contributed by atoms with Gasteiger partial charge in [0.2, 0.25) is 5.95 Å². The summed E-state index contributed by atoms with van der Waals surface area (Å²) in [5.41, 5.74) is 3.47.